The Kier molecular flexibility index (Phi) is 2.52. The molecule has 0 aromatic carbocycles. The SMILES string of the molecule is CCC(C)(O)/C=C/C1CC2C=CC1C2. The monoisotopic (exact) mass is 192 g/mol. The van der Waals surface area contributed by atoms with Crippen molar-refractivity contribution in [3.05, 3.63) is 24.3 Å². The summed E-state index contributed by atoms with van der Waals surface area (Å²) in [6.07, 6.45) is 12.3. The van der Waals surface area contributed by atoms with Crippen molar-refractivity contribution in [1.29, 1.82) is 0 Å². The molecule has 78 valence electrons. The second kappa shape index (κ2) is 3.54. The van der Waals surface area contributed by atoms with Crippen LogP contribution >= 0.6 is 0 Å². The van der Waals surface area contributed by atoms with Crippen LogP contribution in [0.5, 0.6) is 0 Å². The van der Waals surface area contributed by atoms with Crippen molar-refractivity contribution in [2.45, 2.75) is 38.7 Å². The van der Waals surface area contributed by atoms with Crippen LogP contribution in [0.25, 0.3) is 0 Å². The van der Waals surface area contributed by atoms with E-state index in [1.165, 1.54) is 12.8 Å². The zero-order chi connectivity index (χ0) is 10.2. The summed E-state index contributed by atoms with van der Waals surface area (Å²) in [5.74, 6) is 2.26. The molecule has 2 bridgehead atoms. The van der Waals surface area contributed by atoms with Crippen LogP contribution < -0.4 is 0 Å². The molecule has 0 aromatic heterocycles. The van der Waals surface area contributed by atoms with Gasteiger partial charge in [-0.3, -0.25) is 0 Å². The van der Waals surface area contributed by atoms with Crippen LogP contribution in [0, 0.1) is 17.8 Å². The zero-order valence-corrected chi connectivity index (χ0v) is 9.11. The quantitative estimate of drug-likeness (QED) is 0.682. The van der Waals surface area contributed by atoms with Crippen molar-refractivity contribution in [3.63, 3.8) is 0 Å². The van der Waals surface area contributed by atoms with Gasteiger partial charge in [0.25, 0.3) is 0 Å². The molecule has 0 saturated heterocycles. The molecule has 1 heteroatoms. The lowest BCUT2D eigenvalue weighted by atomic mass is 9.91. The van der Waals surface area contributed by atoms with Gasteiger partial charge in [0, 0.05) is 0 Å². The second-order valence-corrected chi connectivity index (χ2v) is 5.01. The summed E-state index contributed by atoms with van der Waals surface area (Å²) in [7, 11) is 0. The highest BCUT2D eigenvalue weighted by atomic mass is 16.3. The largest absolute Gasteiger partial charge is 0.386 e. The predicted molar refractivity (Wildman–Crippen MR) is 58.9 cm³/mol. The number of rotatable bonds is 3. The Balaban J connectivity index is 1.96. The van der Waals surface area contributed by atoms with Crippen molar-refractivity contribution in [3.8, 4) is 0 Å². The normalized spacial score (nSPS) is 39.5. The molecular weight excluding hydrogens is 172 g/mol. The van der Waals surface area contributed by atoms with Crippen LogP contribution in [0.4, 0.5) is 0 Å². The Labute approximate surface area is 86.5 Å². The summed E-state index contributed by atoms with van der Waals surface area (Å²) >= 11 is 0. The van der Waals surface area contributed by atoms with Crippen LogP contribution in [-0.4, -0.2) is 10.7 Å². The number of allylic oxidation sites excluding steroid dienone is 3. The minimum atomic E-state index is -0.606. The van der Waals surface area contributed by atoms with E-state index in [2.05, 4.69) is 18.2 Å². The average molecular weight is 192 g/mol. The third kappa shape index (κ3) is 1.93. The van der Waals surface area contributed by atoms with Crippen LogP contribution in [0.15, 0.2) is 24.3 Å². The fourth-order valence-electron chi connectivity index (χ4n) is 2.49. The maximum absolute atomic E-state index is 9.85. The van der Waals surface area contributed by atoms with Gasteiger partial charge >= 0.3 is 0 Å². The summed E-state index contributed by atoms with van der Waals surface area (Å²) in [6, 6.07) is 0. The van der Waals surface area contributed by atoms with Gasteiger partial charge in [-0.15, -0.1) is 0 Å². The van der Waals surface area contributed by atoms with Gasteiger partial charge in [0.05, 0.1) is 5.60 Å². The summed E-state index contributed by atoms with van der Waals surface area (Å²) in [4.78, 5) is 0. The number of hydrogen-bond donors (Lipinski definition) is 1. The molecule has 1 N–H and O–H groups in total. The molecule has 1 nitrogen and oxygen atoms in total. The van der Waals surface area contributed by atoms with Gasteiger partial charge in [-0.2, -0.15) is 0 Å². The van der Waals surface area contributed by atoms with Gasteiger partial charge in [0.15, 0.2) is 0 Å². The summed E-state index contributed by atoms with van der Waals surface area (Å²) < 4.78 is 0. The lowest BCUT2D eigenvalue weighted by Gasteiger charge is -2.19. The smallest absolute Gasteiger partial charge is 0.0797 e. The van der Waals surface area contributed by atoms with Crippen molar-refractivity contribution in [2.75, 3.05) is 0 Å². The van der Waals surface area contributed by atoms with E-state index in [0.29, 0.717) is 5.92 Å². The van der Waals surface area contributed by atoms with Gasteiger partial charge in [0.1, 0.15) is 0 Å². The van der Waals surface area contributed by atoms with Crippen molar-refractivity contribution >= 4 is 0 Å². The van der Waals surface area contributed by atoms with Gasteiger partial charge in [-0.1, -0.05) is 31.2 Å². The molecule has 0 aromatic rings. The Morgan fingerprint density at radius 1 is 1.43 bits per heavy atom. The van der Waals surface area contributed by atoms with E-state index < -0.39 is 5.60 Å². The maximum atomic E-state index is 9.85. The highest BCUT2D eigenvalue weighted by Gasteiger charge is 2.34. The molecule has 2 aliphatic rings. The summed E-state index contributed by atoms with van der Waals surface area (Å²) in [5, 5.41) is 9.85. The Morgan fingerprint density at radius 3 is 2.71 bits per heavy atom. The van der Waals surface area contributed by atoms with E-state index in [-0.39, 0.29) is 0 Å². The Bertz CT molecular complexity index is 262. The predicted octanol–water partition coefficient (Wildman–Crippen LogP) is 2.92. The molecule has 4 atom stereocenters. The average Bonchev–Trinajstić information content (AvgIpc) is 2.76. The van der Waals surface area contributed by atoms with Crippen LogP contribution in [0.2, 0.25) is 0 Å². The van der Waals surface area contributed by atoms with Gasteiger partial charge < -0.3 is 5.11 Å². The third-order valence-corrected chi connectivity index (χ3v) is 3.75. The van der Waals surface area contributed by atoms with E-state index >= 15 is 0 Å². The second-order valence-electron chi connectivity index (χ2n) is 5.01. The Hall–Kier alpha value is -0.560. The molecular formula is C13H20O. The molecule has 0 heterocycles. The number of fused-ring (bicyclic) bond motifs is 2. The molecule has 14 heavy (non-hydrogen) atoms. The van der Waals surface area contributed by atoms with E-state index in [9.17, 15) is 5.11 Å². The molecule has 2 aliphatic carbocycles. The lowest BCUT2D eigenvalue weighted by molar-refractivity contribution is 0.107. The van der Waals surface area contributed by atoms with Crippen molar-refractivity contribution in [2.24, 2.45) is 17.8 Å². The lowest BCUT2D eigenvalue weighted by Crippen LogP contribution is -2.19. The molecule has 4 unspecified atom stereocenters. The maximum Gasteiger partial charge on any atom is 0.0797 e. The highest BCUT2D eigenvalue weighted by Crippen LogP contribution is 2.44. The molecule has 0 spiro atoms. The first-order chi connectivity index (χ1) is 6.61. The van der Waals surface area contributed by atoms with Gasteiger partial charge in [0.2, 0.25) is 0 Å². The van der Waals surface area contributed by atoms with E-state index in [1.807, 2.05) is 19.9 Å². The summed E-state index contributed by atoms with van der Waals surface area (Å²) in [6.45, 7) is 3.90. The van der Waals surface area contributed by atoms with Gasteiger partial charge in [-0.05, 0) is 43.9 Å². The van der Waals surface area contributed by atoms with Crippen molar-refractivity contribution in [1.82, 2.24) is 0 Å². The summed E-state index contributed by atoms with van der Waals surface area (Å²) in [5.41, 5.74) is -0.606. The minimum Gasteiger partial charge on any atom is -0.386 e. The molecule has 0 aliphatic heterocycles. The first-order valence-corrected chi connectivity index (χ1v) is 5.71. The van der Waals surface area contributed by atoms with Crippen LogP contribution in [0.1, 0.15) is 33.1 Å². The standard InChI is InChI=1S/C13H20O/c1-3-13(2,14)7-6-12-9-10-4-5-11(12)8-10/h4-7,10-12,14H,3,8-9H2,1-2H3/b7-6+. The van der Waals surface area contributed by atoms with E-state index in [0.717, 1.165) is 18.3 Å². The van der Waals surface area contributed by atoms with Crippen LogP contribution in [0.3, 0.4) is 0 Å². The fraction of sp³-hybridized carbons (Fsp3) is 0.692. The fourth-order valence-corrected chi connectivity index (χ4v) is 2.49. The zero-order valence-electron chi connectivity index (χ0n) is 9.11. The topological polar surface area (TPSA) is 20.2 Å². The first kappa shape index (κ1) is 9.97. The highest BCUT2D eigenvalue weighted by molar-refractivity contribution is 5.15. The minimum absolute atomic E-state index is 0.606. The number of hydrogen-bond acceptors (Lipinski definition) is 1. The third-order valence-electron chi connectivity index (χ3n) is 3.75. The van der Waals surface area contributed by atoms with Crippen LogP contribution in [-0.2, 0) is 0 Å². The molecule has 1 fully saturated rings. The molecule has 0 radical (unpaired) electrons. The molecule has 2 rings (SSSR count). The number of aliphatic hydroxyl groups is 1. The van der Waals surface area contributed by atoms with E-state index in [4.69, 9.17) is 0 Å². The Morgan fingerprint density at radius 2 is 2.21 bits per heavy atom. The van der Waals surface area contributed by atoms with Gasteiger partial charge in [-0.25, -0.2) is 0 Å². The molecule has 0 amide bonds. The van der Waals surface area contributed by atoms with E-state index in [1.54, 1.807) is 0 Å². The first-order valence-electron chi connectivity index (χ1n) is 5.71. The van der Waals surface area contributed by atoms with Crippen molar-refractivity contribution < 1.29 is 5.11 Å². The molecule has 1 saturated carbocycles.